The molecule has 3 aromatic heterocycles. The smallest absolute Gasteiger partial charge is 0.411 e. The highest BCUT2D eigenvalue weighted by atomic mass is 35.5. The first-order chi connectivity index (χ1) is 23.6. The Morgan fingerprint density at radius 3 is 2.27 bits per heavy atom. The number of nitrogens with zero attached hydrogens (tertiary/aromatic N) is 5. The number of hydrogen-bond acceptors (Lipinski definition) is 8. The number of benzene rings is 2. The molecule has 0 radical (unpaired) electrons. The first-order valence-corrected chi connectivity index (χ1v) is 18.9. The maximum Gasteiger partial charge on any atom is 0.411 e. The lowest BCUT2D eigenvalue weighted by Gasteiger charge is -2.43. The summed E-state index contributed by atoms with van der Waals surface area (Å²) in [5, 5.41) is 22.3. The summed E-state index contributed by atoms with van der Waals surface area (Å²) in [5.41, 5.74) is 2.67. The standard InChI is InChI=1S/C36H44ClN7O4Si/c1-6-13-26(18-19-48-49(36(2,3)4,28-14-9-7-10-15-28)29-16-11-8-12-17-29)40-33-32-30(41-34(42-33)43-35(45)46)22-39-44(32)24-25-20-27(21-37)38-23-31(25)47-5/h7-12,14-17,20,22-23,26H,6,13,18-19,21,24H2,1-5H3,(H,45,46)(H2,40,41,42,43)/t26-/m0/s1. The van der Waals surface area contributed by atoms with Gasteiger partial charge in [0.1, 0.15) is 16.8 Å². The number of fused-ring (bicyclic) bond motifs is 1. The number of anilines is 2. The highest BCUT2D eigenvalue weighted by Crippen LogP contribution is 2.37. The molecule has 11 nitrogen and oxygen atoms in total. The molecule has 1 amide bonds. The Labute approximate surface area is 293 Å². The second-order valence-electron chi connectivity index (χ2n) is 12.9. The molecule has 258 valence electrons. The predicted molar refractivity (Wildman–Crippen MR) is 197 cm³/mol. The molecule has 0 aliphatic heterocycles. The summed E-state index contributed by atoms with van der Waals surface area (Å²) in [7, 11) is -1.14. The van der Waals surface area contributed by atoms with Gasteiger partial charge < -0.3 is 19.6 Å². The average Bonchev–Trinajstić information content (AvgIpc) is 3.49. The van der Waals surface area contributed by atoms with Crippen LogP contribution in [-0.2, 0) is 16.9 Å². The minimum atomic E-state index is -2.73. The van der Waals surface area contributed by atoms with Gasteiger partial charge in [-0.05, 0) is 34.3 Å². The summed E-state index contributed by atoms with van der Waals surface area (Å²) in [6, 6.07) is 23.0. The van der Waals surface area contributed by atoms with E-state index >= 15 is 0 Å². The molecule has 49 heavy (non-hydrogen) atoms. The summed E-state index contributed by atoms with van der Waals surface area (Å²) in [4.78, 5) is 25.0. The summed E-state index contributed by atoms with van der Waals surface area (Å²) in [5.74, 6) is 1.29. The molecule has 5 rings (SSSR count). The molecule has 0 saturated carbocycles. The lowest BCUT2D eigenvalue weighted by atomic mass is 10.1. The third kappa shape index (κ3) is 8.04. The van der Waals surface area contributed by atoms with Gasteiger partial charge >= 0.3 is 6.09 Å². The van der Waals surface area contributed by atoms with E-state index in [2.05, 4.69) is 107 Å². The van der Waals surface area contributed by atoms with Crippen LogP contribution >= 0.6 is 11.6 Å². The van der Waals surface area contributed by atoms with E-state index in [1.807, 2.05) is 18.2 Å². The molecule has 5 aromatic rings. The van der Waals surface area contributed by atoms with Crippen LogP contribution in [0.5, 0.6) is 5.75 Å². The van der Waals surface area contributed by atoms with E-state index in [1.54, 1.807) is 24.2 Å². The molecular weight excluding hydrogens is 658 g/mol. The number of nitrogens with one attached hydrogen (secondary N) is 2. The zero-order valence-electron chi connectivity index (χ0n) is 28.6. The van der Waals surface area contributed by atoms with E-state index in [1.165, 1.54) is 10.4 Å². The van der Waals surface area contributed by atoms with Crippen molar-refractivity contribution < 1.29 is 19.1 Å². The molecule has 13 heteroatoms. The zero-order chi connectivity index (χ0) is 35.0. The van der Waals surface area contributed by atoms with Crippen LogP contribution in [0.2, 0.25) is 5.04 Å². The zero-order valence-corrected chi connectivity index (χ0v) is 30.4. The maximum absolute atomic E-state index is 11.6. The van der Waals surface area contributed by atoms with Crippen molar-refractivity contribution in [1.29, 1.82) is 0 Å². The topological polar surface area (TPSA) is 136 Å². The normalized spacial score (nSPS) is 12.5. The number of pyridine rings is 1. The molecule has 0 aliphatic rings. The Morgan fingerprint density at radius 1 is 1.02 bits per heavy atom. The van der Waals surface area contributed by atoms with Crippen LogP contribution in [0.4, 0.5) is 16.6 Å². The Bertz CT molecular complexity index is 1810. The van der Waals surface area contributed by atoms with Crippen molar-refractivity contribution in [2.75, 3.05) is 24.4 Å². The molecule has 0 bridgehead atoms. The Balaban J connectivity index is 1.49. The summed E-state index contributed by atoms with van der Waals surface area (Å²) < 4.78 is 14.6. The molecule has 2 aromatic carbocycles. The molecular formula is C36H44ClN7O4Si. The number of hydrogen-bond donors (Lipinski definition) is 3. The van der Waals surface area contributed by atoms with Crippen LogP contribution in [-0.4, -0.2) is 64.0 Å². The lowest BCUT2D eigenvalue weighted by Crippen LogP contribution is -2.66. The second-order valence-corrected chi connectivity index (χ2v) is 17.5. The van der Waals surface area contributed by atoms with Gasteiger partial charge in [0.05, 0.1) is 37.6 Å². The summed E-state index contributed by atoms with van der Waals surface area (Å²) >= 11 is 6.09. The van der Waals surface area contributed by atoms with E-state index in [0.29, 0.717) is 47.9 Å². The van der Waals surface area contributed by atoms with Gasteiger partial charge in [-0.2, -0.15) is 10.1 Å². The van der Waals surface area contributed by atoms with Gasteiger partial charge in [0.25, 0.3) is 8.32 Å². The van der Waals surface area contributed by atoms with Crippen molar-refractivity contribution >= 4 is 59.2 Å². The van der Waals surface area contributed by atoms with Gasteiger partial charge in [-0.15, -0.1) is 11.6 Å². The van der Waals surface area contributed by atoms with Crippen LogP contribution in [0.3, 0.4) is 0 Å². The van der Waals surface area contributed by atoms with Crippen molar-refractivity contribution in [3.05, 3.63) is 90.4 Å². The first-order valence-electron chi connectivity index (χ1n) is 16.4. The number of carboxylic acid groups (broad SMARTS) is 1. The number of ether oxygens (including phenoxy) is 1. The number of rotatable bonds is 15. The van der Waals surface area contributed by atoms with Gasteiger partial charge in [0.2, 0.25) is 5.95 Å². The van der Waals surface area contributed by atoms with Crippen molar-refractivity contribution in [3.8, 4) is 5.75 Å². The fraction of sp³-hybridized carbons (Fsp3) is 0.361. The van der Waals surface area contributed by atoms with Gasteiger partial charge in [-0.1, -0.05) is 94.8 Å². The molecule has 0 aliphatic carbocycles. The molecule has 3 heterocycles. The largest absolute Gasteiger partial charge is 0.495 e. The van der Waals surface area contributed by atoms with Crippen molar-refractivity contribution in [1.82, 2.24) is 24.7 Å². The van der Waals surface area contributed by atoms with Gasteiger partial charge in [0, 0.05) is 18.2 Å². The van der Waals surface area contributed by atoms with Gasteiger partial charge in [-0.25, -0.2) is 9.78 Å². The number of methoxy groups -OCH3 is 1. The lowest BCUT2D eigenvalue weighted by molar-refractivity contribution is 0.209. The number of halogens is 1. The molecule has 0 saturated heterocycles. The molecule has 0 fully saturated rings. The van der Waals surface area contributed by atoms with E-state index in [0.717, 1.165) is 18.4 Å². The van der Waals surface area contributed by atoms with Crippen molar-refractivity contribution in [2.45, 2.75) is 70.5 Å². The SMILES string of the molecule is CCC[C@@H](CCO[Si](c1ccccc1)(c1ccccc1)C(C)(C)C)Nc1nc(NC(=O)O)nc2cnn(Cc3cc(CCl)ncc3OC)c12. The van der Waals surface area contributed by atoms with E-state index < -0.39 is 14.4 Å². The first kappa shape index (κ1) is 35.8. The highest BCUT2D eigenvalue weighted by molar-refractivity contribution is 6.99. The van der Waals surface area contributed by atoms with E-state index in [4.69, 9.17) is 20.8 Å². The summed E-state index contributed by atoms with van der Waals surface area (Å²) in [6.45, 7) is 9.78. The van der Waals surface area contributed by atoms with E-state index in [-0.39, 0.29) is 22.9 Å². The number of amides is 1. The van der Waals surface area contributed by atoms with Crippen LogP contribution in [0.15, 0.2) is 79.1 Å². The fourth-order valence-corrected chi connectivity index (χ4v) is 11.1. The number of aromatic nitrogens is 5. The third-order valence-electron chi connectivity index (χ3n) is 8.57. The van der Waals surface area contributed by atoms with Crippen LogP contribution in [0.25, 0.3) is 11.0 Å². The monoisotopic (exact) mass is 701 g/mol. The average molecular weight is 702 g/mol. The number of carbonyl (C=O) groups is 1. The maximum atomic E-state index is 11.6. The van der Waals surface area contributed by atoms with Crippen LogP contribution < -0.4 is 25.7 Å². The van der Waals surface area contributed by atoms with Crippen molar-refractivity contribution in [2.24, 2.45) is 0 Å². The third-order valence-corrected chi connectivity index (χ3v) is 13.9. The van der Waals surface area contributed by atoms with Gasteiger partial charge in [0.15, 0.2) is 5.82 Å². The molecule has 0 unspecified atom stereocenters. The number of alkyl halides is 1. The van der Waals surface area contributed by atoms with Crippen LogP contribution in [0, 0.1) is 0 Å². The molecule has 3 N–H and O–H groups in total. The van der Waals surface area contributed by atoms with Crippen LogP contribution in [0.1, 0.15) is 58.2 Å². The highest BCUT2D eigenvalue weighted by Gasteiger charge is 2.50. The van der Waals surface area contributed by atoms with E-state index in [9.17, 15) is 9.90 Å². The van der Waals surface area contributed by atoms with Gasteiger partial charge in [-0.3, -0.25) is 15.0 Å². The quantitative estimate of drug-likeness (QED) is 0.0809. The Hall–Kier alpha value is -4.52. The Morgan fingerprint density at radius 2 is 1.69 bits per heavy atom. The fourth-order valence-electron chi connectivity index (χ4n) is 6.39. The minimum Gasteiger partial charge on any atom is -0.495 e. The molecule has 1 atom stereocenters. The summed E-state index contributed by atoms with van der Waals surface area (Å²) in [6.07, 6.45) is 4.44. The van der Waals surface area contributed by atoms with Crippen molar-refractivity contribution in [3.63, 3.8) is 0 Å². The predicted octanol–water partition coefficient (Wildman–Crippen LogP) is 6.65. The minimum absolute atomic E-state index is 0.0354. The Kier molecular flexibility index (Phi) is 11.5. The second kappa shape index (κ2) is 15.8. The molecule has 0 spiro atoms.